The van der Waals surface area contributed by atoms with Crippen LogP contribution in [0.3, 0.4) is 0 Å². The predicted molar refractivity (Wildman–Crippen MR) is 82.2 cm³/mol. The second-order valence-corrected chi connectivity index (χ2v) is 4.53. The first-order valence-electron chi connectivity index (χ1n) is 6.45. The molecule has 0 amide bonds. The van der Waals surface area contributed by atoms with Gasteiger partial charge in [0.2, 0.25) is 0 Å². The zero-order valence-corrected chi connectivity index (χ0v) is 11.8. The number of methoxy groups -OCH3 is 1. The molecule has 3 aromatic rings. The first-order chi connectivity index (χ1) is 10.6. The fourth-order valence-corrected chi connectivity index (χ4v) is 2.20. The van der Waals surface area contributed by atoms with Crippen LogP contribution < -0.4 is 4.74 Å². The van der Waals surface area contributed by atoms with Gasteiger partial charge in [-0.2, -0.15) is 0 Å². The van der Waals surface area contributed by atoms with Crippen molar-refractivity contribution in [1.82, 2.24) is 15.0 Å². The quantitative estimate of drug-likeness (QED) is 0.546. The fraction of sp³-hybridized carbons (Fsp3) is 0.0667. The third kappa shape index (κ3) is 2.18. The van der Waals surface area contributed by atoms with E-state index in [1.54, 1.807) is 0 Å². The van der Waals surface area contributed by atoms with Crippen LogP contribution in [-0.4, -0.2) is 27.0 Å². The van der Waals surface area contributed by atoms with Crippen LogP contribution >= 0.6 is 0 Å². The summed E-state index contributed by atoms with van der Waals surface area (Å²) >= 11 is 0. The Labute approximate surface area is 125 Å². The van der Waals surface area contributed by atoms with Crippen molar-refractivity contribution in [2.24, 2.45) is 0 Å². The van der Waals surface area contributed by atoms with Crippen LogP contribution in [0.15, 0.2) is 43.0 Å². The van der Waals surface area contributed by atoms with Crippen molar-refractivity contribution in [3.05, 3.63) is 58.7 Å². The number of nitro groups is 1. The molecule has 0 unspecified atom stereocenters. The van der Waals surface area contributed by atoms with E-state index in [4.69, 9.17) is 4.74 Å². The van der Waals surface area contributed by atoms with Gasteiger partial charge >= 0.3 is 0 Å². The average Bonchev–Trinajstić information content (AvgIpc) is 2.96. The minimum atomic E-state index is -0.480. The zero-order chi connectivity index (χ0) is 15.7. The number of hydrogen-bond acceptors (Lipinski definition) is 5. The minimum Gasteiger partial charge on any atom is -0.494 e. The monoisotopic (exact) mass is 296 g/mol. The van der Waals surface area contributed by atoms with Crippen molar-refractivity contribution < 1.29 is 9.66 Å². The largest absolute Gasteiger partial charge is 0.494 e. The van der Waals surface area contributed by atoms with Crippen LogP contribution in [0.25, 0.3) is 22.8 Å². The van der Waals surface area contributed by atoms with E-state index in [2.05, 4.69) is 16.8 Å². The molecule has 0 atom stereocenters. The summed E-state index contributed by atoms with van der Waals surface area (Å²) in [5.74, 6) is 0.310. The Morgan fingerprint density at radius 1 is 1.27 bits per heavy atom. The second kappa shape index (κ2) is 5.28. The highest BCUT2D eigenvalue weighted by atomic mass is 16.6. The number of hydrogen-bond donors (Lipinski definition) is 0. The Hall–Kier alpha value is -3.22. The third-order valence-electron chi connectivity index (χ3n) is 3.23. The molecule has 0 spiro atoms. The molecule has 0 saturated carbocycles. The minimum absolute atomic E-state index is 0.0767. The molecule has 3 rings (SSSR count). The van der Waals surface area contributed by atoms with Crippen LogP contribution in [0.4, 0.5) is 5.69 Å². The van der Waals surface area contributed by atoms with Gasteiger partial charge in [-0.1, -0.05) is 24.8 Å². The molecule has 1 aromatic heterocycles. The normalized spacial score (nSPS) is 10.6. The summed E-state index contributed by atoms with van der Waals surface area (Å²) in [5.41, 5.74) is 2.40. The van der Waals surface area contributed by atoms with Gasteiger partial charge in [-0.15, -0.1) is 15.0 Å². The molecule has 0 fully saturated rings. The molecule has 2 aromatic carbocycles. The fourth-order valence-electron chi connectivity index (χ4n) is 2.20. The van der Waals surface area contributed by atoms with Gasteiger partial charge in [0.1, 0.15) is 16.7 Å². The lowest BCUT2D eigenvalue weighted by Crippen LogP contribution is -2.05. The maximum Gasteiger partial charge on any atom is 0.273 e. The molecule has 110 valence electrons. The van der Waals surface area contributed by atoms with E-state index >= 15 is 0 Å². The molecular formula is C15H12N4O3. The molecule has 0 aliphatic carbocycles. The Balaban J connectivity index is 2.28. The van der Waals surface area contributed by atoms with Crippen LogP contribution in [0.5, 0.6) is 5.75 Å². The van der Waals surface area contributed by atoms with Crippen LogP contribution in [-0.2, 0) is 0 Å². The van der Waals surface area contributed by atoms with E-state index in [9.17, 15) is 10.1 Å². The molecule has 0 radical (unpaired) electrons. The predicted octanol–water partition coefficient (Wildman–Crippen LogP) is 2.98. The summed E-state index contributed by atoms with van der Waals surface area (Å²) in [6.07, 6.45) is 1.51. The summed E-state index contributed by atoms with van der Waals surface area (Å²) < 4.78 is 5.28. The SMILES string of the molecule is C=Cc1cc([N+](=O)[O-])cc(OC)c1-n1nc2ccccc2n1. The first kappa shape index (κ1) is 13.7. The van der Waals surface area contributed by atoms with Crippen molar-refractivity contribution in [1.29, 1.82) is 0 Å². The topological polar surface area (TPSA) is 83.1 Å². The number of rotatable bonds is 4. The molecule has 22 heavy (non-hydrogen) atoms. The van der Waals surface area contributed by atoms with Gasteiger partial charge < -0.3 is 4.74 Å². The number of ether oxygens (including phenoxy) is 1. The summed E-state index contributed by atoms with van der Waals surface area (Å²) in [6.45, 7) is 3.70. The summed E-state index contributed by atoms with van der Waals surface area (Å²) in [4.78, 5) is 11.9. The van der Waals surface area contributed by atoms with Gasteiger partial charge in [-0.25, -0.2) is 0 Å². The van der Waals surface area contributed by atoms with Gasteiger partial charge in [0.25, 0.3) is 5.69 Å². The Kier molecular flexibility index (Phi) is 3.30. The highest BCUT2D eigenvalue weighted by molar-refractivity contribution is 5.75. The van der Waals surface area contributed by atoms with Gasteiger partial charge in [-0.05, 0) is 12.1 Å². The number of benzene rings is 2. The molecule has 7 heteroatoms. The van der Waals surface area contributed by atoms with Crippen molar-refractivity contribution in [3.8, 4) is 11.4 Å². The Bertz CT molecular complexity index is 853. The van der Waals surface area contributed by atoms with Crippen molar-refractivity contribution in [2.75, 3.05) is 7.11 Å². The molecule has 0 N–H and O–H groups in total. The van der Waals surface area contributed by atoms with E-state index in [1.807, 2.05) is 24.3 Å². The molecule has 0 aliphatic rings. The highest BCUT2D eigenvalue weighted by Crippen LogP contribution is 2.32. The molecule has 0 aliphatic heterocycles. The summed E-state index contributed by atoms with van der Waals surface area (Å²) in [7, 11) is 1.44. The Morgan fingerprint density at radius 3 is 2.41 bits per heavy atom. The molecule has 0 bridgehead atoms. The zero-order valence-electron chi connectivity index (χ0n) is 11.8. The molecular weight excluding hydrogens is 284 g/mol. The van der Waals surface area contributed by atoms with E-state index in [-0.39, 0.29) is 5.69 Å². The number of aromatic nitrogens is 3. The third-order valence-corrected chi connectivity index (χ3v) is 3.23. The summed E-state index contributed by atoms with van der Waals surface area (Å²) in [6, 6.07) is 10.2. The molecule has 0 saturated heterocycles. The van der Waals surface area contributed by atoms with Gasteiger partial charge in [0.05, 0.1) is 18.1 Å². The van der Waals surface area contributed by atoms with E-state index < -0.39 is 4.92 Å². The molecule has 1 heterocycles. The molecule has 7 nitrogen and oxygen atoms in total. The van der Waals surface area contributed by atoms with Crippen LogP contribution in [0.1, 0.15) is 5.56 Å². The van der Waals surface area contributed by atoms with Gasteiger partial charge in [0, 0.05) is 11.6 Å². The number of nitro benzene ring substituents is 1. The maximum atomic E-state index is 11.0. The highest BCUT2D eigenvalue weighted by Gasteiger charge is 2.19. The lowest BCUT2D eigenvalue weighted by atomic mass is 10.1. The van der Waals surface area contributed by atoms with Crippen molar-refractivity contribution in [2.45, 2.75) is 0 Å². The standard InChI is InChI=1S/C15H12N4O3/c1-3-10-8-11(19(20)21)9-14(22-2)15(10)18-16-12-6-4-5-7-13(12)17-18/h3-9H,1H2,2H3. The number of fused-ring (bicyclic) bond motifs is 1. The van der Waals surface area contributed by atoms with Crippen LogP contribution in [0.2, 0.25) is 0 Å². The van der Waals surface area contributed by atoms with Gasteiger partial charge in [0.15, 0.2) is 5.75 Å². The van der Waals surface area contributed by atoms with E-state index in [1.165, 1.54) is 30.1 Å². The maximum absolute atomic E-state index is 11.0. The van der Waals surface area contributed by atoms with Gasteiger partial charge in [-0.3, -0.25) is 10.1 Å². The first-order valence-corrected chi connectivity index (χ1v) is 6.45. The summed E-state index contributed by atoms with van der Waals surface area (Å²) in [5, 5.41) is 19.8. The lowest BCUT2D eigenvalue weighted by Gasteiger charge is -2.10. The Morgan fingerprint density at radius 2 is 1.91 bits per heavy atom. The number of non-ortho nitro benzene ring substituents is 1. The smallest absolute Gasteiger partial charge is 0.273 e. The average molecular weight is 296 g/mol. The van der Waals surface area contributed by atoms with E-state index in [0.29, 0.717) is 17.0 Å². The van der Waals surface area contributed by atoms with Crippen molar-refractivity contribution in [3.63, 3.8) is 0 Å². The van der Waals surface area contributed by atoms with Crippen LogP contribution in [0, 0.1) is 10.1 Å². The second-order valence-electron chi connectivity index (χ2n) is 4.53. The van der Waals surface area contributed by atoms with E-state index in [0.717, 1.165) is 11.0 Å². The lowest BCUT2D eigenvalue weighted by molar-refractivity contribution is -0.384. The van der Waals surface area contributed by atoms with Crippen molar-refractivity contribution >= 4 is 22.8 Å². The number of nitrogens with zero attached hydrogens (tertiary/aromatic N) is 4.